The predicted molar refractivity (Wildman–Crippen MR) is 167 cm³/mol. The summed E-state index contributed by atoms with van der Waals surface area (Å²) >= 11 is 3.56. The fourth-order valence-electron chi connectivity index (χ4n) is 5.52. The number of allylic oxidation sites excluding steroid dienone is 2. The number of thioether (sulfide) groups is 1. The second-order valence-electron chi connectivity index (χ2n) is 10.9. The Labute approximate surface area is 278 Å². The summed E-state index contributed by atoms with van der Waals surface area (Å²) < 4.78 is 80.8. The number of nitrogens with two attached hydrogens (primary N) is 1. The Morgan fingerprint density at radius 1 is 1.11 bits per heavy atom. The highest BCUT2D eigenvalue weighted by molar-refractivity contribution is 14.1. The lowest BCUT2D eigenvalue weighted by molar-refractivity contribution is -0.143. The van der Waals surface area contributed by atoms with Crippen LogP contribution < -0.4 is 11.1 Å². The number of primary amides is 1. The second-order valence-corrected chi connectivity index (χ2v) is 13.1. The Kier molecular flexibility index (Phi) is 10.3. The molecule has 0 fully saturated rings. The van der Waals surface area contributed by atoms with Crippen LogP contribution in [0, 0.1) is 12.8 Å². The van der Waals surface area contributed by atoms with Crippen LogP contribution in [0.1, 0.15) is 46.3 Å². The Morgan fingerprint density at radius 2 is 1.74 bits per heavy atom. The van der Waals surface area contributed by atoms with Crippen molar-refractivity contribution in [3.63, 3.8) is 0 Å². The lowest BCUT2D eigenvalue weighted by Crippen LogP contribution is -2.54. The summed E-state index contributed by atoms with van der Waals surface area (Å²) in [6, 6.07) is 3.77. The number of amides is 3. The molecule has 1 aliphatic carbocycles. The standard InChI is InChI=1S/C30H28F6IN5O3S/c1-15-9-17(6-7-21(15)28(27(38)45)8-4-5-22(37)23(28)25(43)39-16(2)14-46-3)13-42-26(44)24(40-41-42)18-10-19(29(31,32)33)12-20(11-18)30(34,35)36/h4-12,16,23-24H,13-14H2,1-3H3,(H2,38,45)(H,39,43). The highest BCUT2D eigenvalue weighted by atomic mass is 127. The van der Waals surface area contributed by atoms with Gasteiger partial charge in [-0.3, -0.25) is 14.4 Å². The van der Waals surface area contributed by atoms with Gasteiger partial charge in [0.25, 0.3) is 5.91 Å². The van der Waals surface area contributed by atoms with E-state index < -0.39 is 58.2 Å². The largest absolute Gasteiger partial charge is 0.416 e. The minimum absolute atomic E-state index is 0.0294. The quantitative estimate of drug-likeness (QED) is 0.221. The number of carbonyl (C=O) groups excluding carboxylic acids is 3. The fourth-order valence-corrected chi connectivity index (χ4v) is 7.08. The van der Waals surface area contributed by atoms with Crippen molar-refractivity contribution in [1.29, 1.82) is 0 Å². The fraction of sp³-hybridized carbons (Fsp3) is 0.367. The second kappa shape index (κ2) is 13.4. The molecule has 2 aromatic rings. The minimum Gasteiger partial charge on any atom is -0.369 e. The highest BCUT2D eigenvalue weighted by Gasteiger charge is 2.51. The van der Waals surface area contributed by atoms with Gasteiger partial charge in [0.1, 0.15) is 5.41 Å². The van der Waals surface area contributed by atoms with E-state index in [0.717, 1.165) is 5.01 Å². The van der Waals surface area contributed by atoms with E-state index in [-0.39, 0.29) is 24.6 Å². The molecule has 1 heterocycles. The van der Waals surface area contributed by atoms with Crippen molar-refractivity contribution >= 4 is 52.1 Å². The van der Waals surface area contributed by atoms with Crippen LogP contribution in [-0.4, -0.2) is 40.8 Å². The Balaban J connectivity index is 1.62. The van der Waals surface area contributed by atoms with Gasteiger partial charge in [-0.2, -0.15) is 43.2 Å². The van der Waals surface area contributed by atoms with Gasteiger partial charge in [0.05, 0.1) is 23.6 Å². The zero-order valence-corrected chi connectivity index (χ0v) is 27.5. The van der Waals surface area contributed by atoms with E-state index in [0.29, 0.717) is 38.2 Å². The zero-order valence-electron chi connectivity index (χ0n) is 24.5. The van der Waals surface area contributed by atoms with Crippen molar-refractivity contribution in [2.75, 3.05) is 12.0 Å². The molecule has 2 aromatic carbocycles. The lowest BCUT2D eigenvalue weighted by atomic mass is 9.65. The van der Waals surface area contributed by atoms with Crippen molar-refractivity contribution in [2.45, 2.75) is 50.2 Å². The number of hydrogen-bond donors (Lipinski definition) is 2. The van der Waals surface area contributed by atoms with Gasteiger partial charge < -0.3 is 11.1 Å². The molecule has 1 aliphatic heterocycles. The summed E-state index contributed by atoms with van der Waals surface area (Å²) in [5, 5.41) is 11.2. The monoisotopic (exact) mass is 779 g/mol. The van der Waals surface area contributed by atoms with Crippen molar-refractivity contribution < 1.29 is 40.7 Å². The number of rotatable bonds is 9. The average molecular weight is 780 g/mol. The van der Waals surface area contributed by atoms with E-state index in [2.05, 4.69) is 15.7 Å². The van der Waals surface area contributed by atoms with Crippen molar-refractivity contribution in [2.24, 2.45) is 22.0 Å². The summed E-state index contributed by atoms with van der Waals surface area (Å²) in [7, 11) is 0. The first-order valence-corrected chi connectivity index (χ1v) is 16.1. The normalized spacial score (nSPS) is 22.2. The SMILES string of the molecule is CSCC(C)NC(=O)C1C(I)=CC=CC1(C(N)=O)c1ccc(CN2N=NC(c3cc(C(F)(F)F)cc(C(F)(F)F)c3)C2=O)cc1C. The number of benzene rings is 2. The van der Waals surface area contributed by atoms with E-state index in [1.54, 1.807) is 55.1 Å². The summed E-state index contributed by atoms with van der Waals surface area (Å²) in [6.07, 6.45) is -3.34. The summed E-state index contributed by atoms with van der Waals surface area (Å²) in [6.45, 7) is 3.31. The first-order valence-electron chi connectivity index (χ1n) is 13.7. The van der Waals surface area contributed by atoms with Crippen LogP contribution in [-0.2, 0) is 38.7 Å². The lowest BCUT2D eigenvalue weighted by Gasteiger charge is -2.38. The molecule has 0 saturated heterocycles. The number of nitrogens with zero attached hydrogens (tertiary/aromatic N) is 3. The Bertz CT molecular complexity index is 1610. The van der Waals surface area contributed by atoms with Crippen LogP contribution in [0.15, 0.2) is 68.5 Å². The molecule has 0 aromatic heterocycles. The molecule has 246 valence electrons. The first kappa shape index (κ1) is 35.4. The number of carbonyl (C=O) groups is 3. The molecule has 4 rings (SSSR count). The summed E-state index contributed by atoms with van der Waals surface area (Å²) in [5.41, 5.74) is 2.14. The van der Waals surface area contributed by atoms with Crippen LogP contribution in [0.25, 0.3) is 0 Å². The van der Waals surface area contributed by atoms with Crippen LogP contribution >= 0.6 is 34.4 Å². The third-order valence-electron chi connectivity index (χ3n) is 7.58. The number of halogens is 7. The third-order valence-corrected chi connectivity index (χ3v) is 9.39. The van der Waals surface area contributed by atoms with Crippen LogP contribution in [0.4, 0.5) is 26.3 Å². The Hall–Kier alpha value is -3.41. The third kappa shape index (κ3) is 7.11. The van der Waals surface area contributed by atoms with Gasteiger partial charge in [-0.05, 0) is 83.1 Å². The molecule has 4 unspecified atom stereocenters. The van der Waals surface area contributed by atoms with Gasteiger partial charge in [0, 0.05) is 15.4 Å². The molecule has 0 bridgehead atoms. The predicted octanol–water partition coefficient (Wildman–Crippen LogP) is 6.58. The molecule has 16 heteroatoms. The number of aryl methyl sites for hydroxylation is 1. The van der Waals surface area contributed by atoms with Gasteiger partial charge in [-0.25, -0.2) is 5.01 Å². The van der Waals surface area contributed by atoms with Crippen LogP contribution in [0.2, 0.25) is 0 Å². The molecule has 3 N–H and O–H groups in total. The van der Waals surface area contributed by atoms with Gasteiger partial charge in [0.2, 0.25) is 11.8 Å². The molecule has 0 spiro atoms. The molecule has 0 radical (unpaired) electrons. The average Bonchev–Trinajstić information content (AvgIpc) is 3.31. The van der Waals surface area contributed by atoms with Gasteiger partial charge in [-0.1, -0.05) is 41.7 Å². The van der Waals surface area contributed by atoms with E-state index >= 15 is 0 Å². The minimum atomic E-state index is -5.09. The number of nitrogens with one attached hydrogen (secondary N) is 1. The zero-order chi connectivity index (χ0) is 34.2. The summed E-state index contributed by atoms with van der Waals surface area (Å²) in [4.78, 5) is 39.8. The van der Waals surface area contributed by atoms with Crippen molar-refractivity contribution in [3.8, 4) is 0 Å². The molecular weight excluding hydrogens is 751 g/mol. The molecule has 0 saturated carbocycles. The smallest absolute Gasteiger partial charge is 0.369 e. The molecule has 2 aliphatic rings. The van der Waals surface area contributed by atoms with Gasteiger partial charge in [-0.15, -0.1) is 0 Å². The Morgan fingerprint density at radius 3 is 2.28 bits per heavy atom. The van der Waals surface area contributed by atoms with Crippen molar-refractivity contribution in [1.82, 2.24) is 10.3 Å². The van der Waals surface area contributed by atoms with Gasteiger partial charge >= 0.3 is 12.4 Å². The maximum Gasteiger partial charge on any atom is 0.416 e. The number of alkyl halides is 6. The van der Waals surface area contributed by atoms with Crippen LogP contribution in [0.5, 0.6) is 0 Å². The topological polar surface area (TPSA) is 117 Å². The van der Waals surface area contributed by atoms with E-state index in [1.807, 2.05) is 35.8 Å². The molecule has 46 heavy (non-hydrogen) atoms. The van der Waals surface area contributed by atoms with E-state index in [4.69, 9.17) is 5.73 Å². The number of hydrogen-bond acceptors (Lipinski definition) is 6. The molecule has 8 nitrogen and oxygen atoms in total. The van der Waals surface area contributed by atoms with E-state index in [9.17, 15) is 40.7 Å². The first-order chi connectivity index (χ1) is 21.4. The molecular formula is C30H28F6IN5O3S. The molecule has 4 atom stereocenters. The van der Waals surface area contributed by atoms with Gasteiger partial charge in [0.15, 0.2) is 6.04 Å². The summed E-state index contributed by atoms with van der Waals surface area (Å²) in [5.74, 6) is -2.38. The highest BCUT2D eigenvalue weighted by Crippen LogP contribution is 2.45. The van der Waals surface area contributed by atoms with E-state index in [1.165, 1.54) is 0 Å². The molecule has 3 amide bonds. The van der Waals surface area contributed by atoms with Crippen LogP contribution in [0.3, 0.4) is 0 Å². The maximum absolute atomic E-state index is 13.5. The van der Waals surface area contributed by atoms with Crippen molar-refractivity contribution in [3.05, 3.63) is 91.6 Å². The maximum atomic E-state index is 13.5.